The lowest BCUT2D eigenvalue weighted by Gasteiger charge is -2.36. The Labute approximate surface area is 155 Å². The summed E-state index contributed by atoms with van der Waals surface area (Å²) in [5.41, 5.74) is 1.28. The van der Waals surface area contributed by atoms with Crippen LogP contribution in [0.15, 0.2) is 54.9 Å². The number of anilines is 1. The van der Waals surface area contributed by atoms with Crippen molar-refractivity contribution in [2.45, 2.75) is 6.10 Å². The van der Waals surface area contributed by atoms with E-state index >= 15 is 0 Å². The molecule has 0 bridgehead atoms. The topological polar surface area (TPSA) is 69.6 Å². The molecule has 1 unspecified atom stereocenters. The van der Waals surface area contributed by atoms with Crippen LogP contribution in [0.25, 0.3) is 10.9 Å². The molecule has 1 aromatic heterocycles. The number of carbonyl (C=O) groups is 1. The maximum Gasteiger partial charge on any atom is 0.256 e. The number of aliphatic hydroxyl groups is 1. The van der Waals surface area contributed by atoms with Crippen molar-refractivity contribution < 1.29 is 14.3 Å². The summed E-state index contributed by atoms with van der Waals surface area (Å²) in [5, 5.41) is 11.3. The molecule has 7 heteroatoms. The Hall–Kier alpha value is -3.06. The fourth-order valence-electron chi connectivity index (χ4n) is 3.34. The van der Waals surface area contributed by atoms with Gasteiger partial charge in [0.25, 0.3) is 5.91 Å². The fourth-order valence-corrected chi connectivity index (χ4v) is 3.34. The van der Waals surface area contributed by atoms with Crippen LogP contribution in [0.4, 0.5) is 10.2 Å². The molecule has 1 aliphatic rings. The second kappa shape index (κ2) is 7.28. The van der Waals surface area contributed by atoms with Crippen LogP contribution in [-0.4, -0.2) is 52.1 Å². The Morgan fingerprint density at radius 2 is 1.70 bits per heavy atom. The molecule has 0 aliphatic carbocycles. The van der Waals surface area contributed by atoms with Gasteiger partial charge in [-0.2, -0.15) is 0 Å². The number of aromatic nitrogens is 2. The Kier molecular flexibility index (Phi) is 4.68. The van der Waals surface area contributed by atoms with Gasteiger partial charge in [-0.25, -0.2) is 14.4 Å². The maximum atomic E-state index is 13.0. The second-order valence-corrected chi connectivity index (χ2v) is 6.48. The van der Waals surface area contributed by atoms with Gasteiger partial charge in [-0.3, -0.25) is 4.79 Å². The number of hydrogen-bond acceptors (Lipinski definition) is 5. The summed E-state index contributed by atoms with van der Waals surface area (Å²) < 4.78 is 13.0. The van der Waals surface area contributed by atoms with Crippen LogP contribution in [0.5, 0.6) is 0 Å². The van der Waals surface area contributed by atoms with E-state index in [0.29, 0.717) is 31.7 Å². The van der Waals surface area contributed by atoms with Crippen LogP contribution in [0.2, 0.25) is 0 Å². The minimum atomic E-state index is -1.28. The number of hydrogen-bond donors (Lipinski definition) is 1. The molecule has 6 nitrogen and oxygen atoms in total. The van der Waals surface area contributed by atoms with Crippen molar-refractivity contribution in [1.29, 1.82) is 0 Å². The highest BCUT2D eigenvalue weighted by molar-refractivity contribution is 5.89. The second-order valence-electron chi connectivity index (χ2n) is 6.48. The number of halogens is 1. The first-order chi connectivity index (χ1) is 13.1. The highest BCUT2D eigenvalue weighted by Gasteiger charge is 2.28. The number of rotatable bonds is 3. The van der Waals surface area contributed by atoms with E-state index in [2.05, 4.69) is 14.9 Å². The van der Waals surface area contributed by atoms with Crippen LogP contribution < -0.4 is 4.90 Å². The SMILES string of the molecule is O=C(C(O)c1ccc(F)cc1)N1CCN(c2ncnc3ccccc23)CC1. The number of benzene rings is 2. The summed E-state index contributed by atoms with van der Waals surface area (Å²) in [5.74, 6) is 0.0877. The molecule has 1 fully saturated rings. The first kappa shape index (κ1) is 17.4. The predicted octanol–water partition coefficient (Wildman–Crippen LogP) is 2.15. The molecule has 4 rings (SSSR count). The number of amides is 1. The van der Waals surface area contributed by atoms with E-state index in [1.54, 1.807) is 11.2 Å². The van der Waals surface area contributed by atoms with Crippen LogP contribution in [0.3, 0.4) is 0 Å². The summed E-state index contributed by atoms with van der Waals surface area (Å²) in [4.78, 5) is 25.0. The summed E-state index contributed by atoms with van der Waals surface area (Å²) in [6, 6.07) is 13.2. The van der Waals surface area contributed by atoms with Gasteiger partial charge in [-0.1, -0.05) is 24.3 Å². The van der Waals surface area contributed by atoms with Gasteiger partial charge in [0.2, 0.25) is 0 Å². The molecular formula is C20H19FN4O2. The standard InChI is InChI=1S/C20H19FN4O2/c21-15-7-5-14(6-8-15)18(26)20(27)25-11-9-24(10-12-25)19-16-3-1-2-4-17(16)22-13-23-19/h1-8,13,18,26H,9-12H2. The molecule has 1 aliphatic heterocycles. The normalized spacial score (nSPS) is 15.8. The summed E-state index contributed by atoms with van der Waals surface area (Å²) in [6.07, 6.45) is 0.269. The van der Waals surface area contributed by atoms with Gasteiger partial charge in [-0.05, 0) is 29.8 Å². The number of aliphatic hydroxyl groups excluding tert-OH is 1. The van der Waals surface area contributed by atoms with Crippen molar-refractivity contribution in [1.82, 2.24) is 14.9 Å². The van der Waals surface area contributed by atoms with Gasteiger partial charge in [0, 0.05) is 31.6 Å². The van der Waals surface area contributed by atoms with Crippen molar-refractivity contribution in [3.8, 4) is 0 Å². The van der Waals surface area contributed by atoms with Gasteiger partial charge in [0.15, 0.2) is 6.10 Å². The van der Waals surface area contributed by atoms with Gasteiger partial charge >= 0.3 is 0 Å². The molecule has 0 radical (unpaired) electrons. The number of para-hydroxylation sites is 1. The van der Waals surface area contributed by atoms with Crippen LogP contribution in [-0.2, 0) is 4.79 Å². The monoisotopic (exact) mass is 366 g/mol. The molecule has 2 heterocycles. The highest BCUT2D eigenvalue weighted by Crippen LogP contribution is 2.24. The first-order valence-corrected chi connectivity index (χ1v) is 8.80. The Morgan fingerprint density at radius 3 is 2.44 bits per heavy atom. The predicted molar refractivity (Wildman–Crippen MR) is 99.7 cm³/mol. The van der Waals surface area contributed by atoms with E-state index in [4.69, 9.17) is 0 Å². The third kappa shape index (κ3) is 3.46. The average molecular weight is 366 g/mol. The van der Waals surface area contributed by atoms with Gasteiger partial charge in [0.1, 0.15) is 18.0 Å². The number of carbonyl (C=O) groups excluding carboxylic acids is 1. The molecule has 1 N–H and O–H groups in total. The summed E-state index contributed by atoms with van der Waals surface area (Å²) in [7, 11) is 0. The number of piperazine rings is 1. The van der Waals surface area contributed by atoms with E-state index in [1.807, 2.05) is 24.3 Å². The van der Waals surface area contributed by atoms with Crippen molar-refractivity contribution in [2.24, 2.45) is 0 Å². The molecule has 1 amide bonds. The van der Waals surface area contributed by atoms with Crippen molar-refractivity contribution in [3.05, 3.63) is 66.2 Å². The van der Waals surface area contributed by atoms with Gasteiger partial charge in [-0.15, -0.1) is 0 Å². The van der Waals surface area contributed by atoms with Gasteiger partial charge < -0.3 is 14.9 Å². The third-order valence-corrected chi connectivity index (χ3v) is 4.83. The molecule has 2 aromatic carbocycles. The molecular weight excluding hydrogens is 347 g/mol. The van der Waals surface area contributed by atoms with Crippen LogP contribution in [0, 0.1) is 5.82 Å². The summed E-state index contributed by atoms with van der Waals surface area (Å²) >= 11 is 0. The van der Waals surface area contributed by atoms with E-state index in [9.17, 15) is 14.3 Å². The molecule has 0 saturated carbocycles. The first-order valence-electron chi connectivity index (χ1n) is 8.80. The fraction of sp³-hybridized carbons (Fsp3) is 0.250. The van der Waals surface area contributed by atoms with E-state index in [0.717, 1.165) is 16.7 Å². The zero-order valence-electron chi connectivity index (χ0n) is 14.6. The molecule has 1 saturated heterocycles. The van der Waals surface area contributed by atoms with Gasteiger partial charge in [0.05, 0.1) is 5.52 Å². The highest BCUT2D eigenvalue weighted by atomic mass is 19.1. The minimum absolute atomic E-state index is 0.367. The number of fused-ring (bicyclic) bond motifs is 1. The zero-order chi connectivity index (χ0) is 18.8. The Morgan fingerprint density at radius 1 is 1.00 bits per heavy atom. The van der Waals surface area contributed by atoms with Crippen LogP contribution >= 0.6 is 0 Å². The largest absolute Gasteiger partial charge is 0.378 e. The Bertz CT molecular complexity index is 950. The minimum Gasteiger partial charge on any atom is -0.378 e. The molecule has 1 atom stereocenters. The molecule has 27 heavy (non-hydrogen) atoms. The zero-order valence-corrected chi connectivity index (χ0v) is 14.6. The quantitative estimate of drug-likeness (QED) is 0.769. The lowest BCUT2D eigenvalue weighted by molar-refractivity contribution is -0.140. The third-order valence-electron chi connectivity index (χ3n) is 4.83. The van der Waals surface area contributed by atoms with Crippen LogP contribution in [0.1, 0.15) is 11.7 Å². The van der Waals surface area contributed by atoms with E-state index in [1.165, 1.54) is 24.3 Å². The Balaban J connectivity index is 1.45. The average Bonchev–Trinajstić information content (AvgIpc) is 2.73. The summed E-state index contributed by atoms with van der Waals surface area (Å²) in [6.45, 7) is 2.19. The lowest BCUT2D eigenvalue weighted by atomic mass is 10.1. The smallest absolute Gasteiger partial charge is 0.256 e. The molecule has 138 valence electrons. The van der Waals surface area contributed by atoms with E-state index in [-0.39, 0.29) is 5.91 Å². The number of nitrogens with zero attached hydrogens (tertiary/aromatic N) is 4. The lowest BCUT2D eigenvalue weighted by Crippen LogP contribution is -2.50. The molecule has 3 aromatic rings. The maximum absolute atomic E-state index is 13.0. The van der Waals surface area contributed by atoms with Crippen molar-refractivity contribution in [2.75, 3.05) is 31.1 Å². The van der Waals surface area contributed by atoms with E-state index < -0.39 is 11.9 Å². The molecule has 0 spiro atoms. The van der Waals surface area contributed by atoms with Crippen molar-refractivity contribution >= 4 is 22.6 Å². The van der Waals surface area contributed by atoms with Crippen molar-refractivity contribution in [3.63, 3.8) is 0 Å².